The quantitative estimate of drug-likeness (QED) is 0.0284. The molecule has 3 unspecified atom stereocenters. The second-order valence-corrected chi connectivity index (χ2v) is 14.7. The summed E-state index contributed by atoms with van der Waals surface area (Å²) in [5, 5.41) is 88.2. The Morgan fingerprint density at radius 1 is 0.623 bits per heavy atom. The average molecular weight is 875 g/mol. The molecule has 10 atom stereocenters. The van der Waals surface area contributed by atoms with E-state index in [1.807, 2.05) is 30.3 Å². The fraction of sp³-hybridized carbons (Fsp3) is 0.718. The maximum atomic E-state index is 12.5. The average Bonchev–Trinajstić information content (AvgIpc) is 3.23. The van der Waals surface area contributed by atoms with Gasteiger partial charge in [-0.05, 0) is 31.2 Å². The zero-order chi connectivity index (χ0) is 44.7. The topological polar surface area (TPSA) is 333 Å². The van der Waals surface area contributed by atoms with Crippen molar-refractivity contribution in [2.75, 3.05) is 59.1 Å². The number of unbranched alkanes of at least 4 members (excludes halogenated alkanes) is 4. The van der Waals surface area contributed by atoms with E-state index in [4.69, 9.17) is 23.7 Å². The van der Waals surface area contributed by atoms with Gasteiger partial charge in [0, 0.05) is 32.5 Å². The molecule has 346 valence electrons. The van der Waals surface area contributed by atoms with Gasteiger partial charge in [0.25, 0.3) is 0 Å². The number of rotatable bonds is 28. The minimum Gasteiger partial charge on any atom is -0.480 e. The van der Waals surface area contributed by atoms with Gasteiger partial charge in [-0.2, -0.15) is 0 Å². The fourth-order valence-corrected chi connectivity index (χ4v) is 6.44. The highest BCUT2D eigenvalue weighted by Crippen LogP contribution is 2.29. The Morgan fingerprint density at radius 2 is 1.20 bits per heavy atom. The molecule has 11 N–H and O–H groups in total. The monoisotopic (exact) mass is 874 g/mol. The number of esters is 1. The van der Waals surface area contributed by atoms with E-state index in [9.17, 15) is 64.8 Å². The van der Waals surface area contributed by atoms with Gasteiger partial charge in [-0.1, -0.05) is 43.2 Å². The van der Waals surface area contributed by atoms with Crippen LogP contribution < -0.4 is 16.0 Å². The van der Waals surface area contributed by atoms with Crippen LogP contribution in [0.2, 0.25) is 0 Å². The summed E-state index contributed by atoms with van der Waals surface area (Å²) in [6.45, 7) is -1.97. The van der Waals surface area contributed by atoms with E-state index < -0.39 is 99.0 Å². The summed E-state index contributed by atoms with van der Waals surface area (Å²) >= 11 is 0. The Kier molecular flexibility index (Phi) is 23.5. The molecule has 0 radical (unpaired) electrons. The summed E-state index contributed by atoms with van der Waals surface area (Å²) in [7, 11) is 0. The number of hydrogen-bond acceptors (Lipinski definition) is 18. The molecule has 2 aliphatic rings. The molecular weight excluding hydrogens is 812 g/mol. The van der Waals surface area contributed by atoms with E-state index in [1.165, 1.54) is 4.90 Å². The van der Waals surface area contributed by atoms with Gasteiger partial charge in [-0.3, -0.25) is 28.9 Å². The Bertz CT molecular complexity index is 1480. The number of carbonyl (C=O) groups excluding carboxylic acids is 4. The molecule has 2 heterocycles. The number of benzene rings is 1. The van der Waals surface area contributed by atoms with Crippen LogP contribution in [-0.4, -0.2) is 196 Å². The van der Waals surface area contributed by atoms with E-state index in [0.29, 0.717) is 45.1 Å². The van der Waals surface area contributed by atoms with Crippen molar-refractivity contribution in [3.8, 4) is 0 Å². The lowest BCUT2D eigenvalue weighted by molar-refractivity contribution is -0.360. The molecule has 0 saturated carbocycles. The molecular formula is C39H62N4O18. The summed E-state index contributed by atoms with van der Waals surface area (Å²) < 4.78 is 27.0. The Labute approximate surface area is 353 Å². The highest BCUT2D eigenvalue weighted by atomic mass is 16.7. The van der Waals surface area contributed by atoms with Crippen molar-refractivity contribution in [2.45, 2.75) is 119 Å². The fourth-order valence-electron chi connectivity index (χ4n) is 6.44. The zero-order valence-electron chi connectivity index (χ0n) is 34.0. The van der Waals surface area contributed by atoms with Gasteiger partial charge in [-0.25, -0.2) is 0 Å². The molecule has 0 bridgehead atoms. The number of carbonyl (C=O) groups is 5. The van der Waals surface area contributed by atoms with E-state index in [-0.39, 0.29) is 64.1 Å². The number of aliphatic hydroxyl groups is 7. The number of nitrogens with zero attached hydrogens (tertiary/aromatic N) is 1. The normalized spacial score (nSPS) is 26.4. The lowest BCUT2D eigenvalue weighted by Crippen LogP contribution is -2.64. The number of ether oxygens (including phenoxy) is 5. The van der Waals surface area contributed by atoms with Gasteiger partial charge in [0.15, 0.2) is 12.6 Å². The first kappa shape index (κ1) is 51.4. The van der Waals surface area contributed by atoms with Crippen LogP contribution in [0, 0.1) is 0 Å². The minimum absolute atomic E-state index is 0.00910. The van der Waals surface area contributed by atoms with Crippen molar-refractivity contribution < 1.29 is 88.5 Å². The van der Waals surface area contributed by atoms with Crippen molar-refractivity contribution >= 4 is 29.7 Å². The third kappa shape index (κ3) is 18.5. The predicted octanol–water partition coefficient (Wildman–Crippen LogP) is -3.77. The smallest absolute Gasteiger partial charge is 0.317 e. The van der Waals surface area contributed by atoms with Crippen LogP contribution in [0.4, 0.5) is 0 Å². The molecule has 2 saturated heterocycles. The number of amides is 3. The van der Waals surface area contributed by atoms with Gasteiger partial charge in [0.05, 0.1) is 39.5 Å². The SMILES string of the molecule is O=C(O)CN(CC(=O)NCCCCCC(=O)NCCO[C@H]1O[C@H](CO)[C@@H](O)C(O[C@H]2O[C@H](CO)[C@@H](O)C(O)[C@@H]2O)C1O)CC(=O)NCCCCCC(=O)OCc1ccccc1. The van der Waals surface area contributed by atoms with Gasteiger partial charge in [0.2, 0.25) is 17.7 Å². The van der Waals surface area contributed by atoms with Gasteiger partial charge < -0.3 is 80.5 Å². The zero-order valence-corrected chi connectivity index (χ0v) is 34.0. The third-order valence-electron chi connectivity index (χ3n) is 9.79. The van der Waals surface area contributed by atoms with E-state index >= 15 is 0 Å². The first-order chi connectivity index (χ1) is 29.2. The van der Waals surface area contributed by atoms with Crippen molar-refractivity contribution in [1.29, 1.82) is 0 Å². The Hall–Kier alpha value is -3.91. The highest BCUT2D eigenvalue weighted by molar-refractivity contribution is 5.82. The second kappa shape index (κ2) is 27.9. The molecule has 1 aromatic rings. The first-order valence-corrected chi connectivity index (χ1v) is 20.4. The molecule has 0 spiro atoms. The summed E-state index contributed by atoms with van der Waals surface area (Å²) in [4.78, 5) is 61.7. The summed E-state index contributed by atoms with van der Waals surface area (Å²) in [5.74, 6) is -2.73. The van der Waals surface area contributed by atoms with Crippen molar-refractivity contribution in [3.05, 3.63) is 35.9 Å². The molecule has 3 rings (SSSR count). The summed E-state index contributed by atoms with van der Waals surface area (Å²) in [6, 6.07) is 9.33. The number of aliphatic hydroxyl groups excluding tert-OH is 7. The van der Waals surface area contributed by atoms with Crippen LogP contribution >= 0.6 is 0 Å². The number of hydrogen-bond donors (Lipinski definition) is 11. The third-order valence-corrected chi connectivity index (χ3v) is 9.79. The van der Waals surface area contributed by atoms with Crippen molar-refractivity contribution in [2.24, 2.45) is 0 Å². The standard InChI is InChI=1S/C39H62N4O18/c44-21-25-32(52)34(54)35(55)39(60-25)61-37-33(53)26(22-45)59-38(36(37)56)57-17-16-42-27(46)12-6-2-8-14-40-28(47)18-43(20-30(49)50)19-29(48)41-15-9-3-7-13-31(51)58-23-24-10-4-1-5-11-24/h1,4-5,10-11,25-26,32-39,44-45,52-56H,2-3,6-9,12-23H2,(H,40,47)(H,41,48)(H,42,46)(H,49,50)/t25-,26-,32-,33-,34?,35+,36?,37?,38+,39-/m1/s1. The van der Waals surface area contributed by atoms with Crippen LogP contribution in [0.5, 0.6) is 0 Å². The van der Waals surface area contributed by atoms with Crippen LogP contribution in [0.1, 0.15) is 56.9 Å². The second-order valence-electron chi connectivity index (χ2n) is 14.7. The number of carboxylic acids is 1. The van der Waals surface area contributed by atoms with Crippen molar-refractivity contribution in [3.63, 3.8) is 0 Å². The van der Waals surface area contributed by atoms with Gasteiger partial charge in [-0.15, -0.1) is 0 Å². The molecule has 0 aromatic heterocycles. The highest BCUT2D eigenvalue weighted by Gasteiger charge is 2.50. The molecule has 2 fully saturated rings. The van der Waals surface area contributed by atoms with Crippen LogP contribution in [0.3, 0.4) is 0 Å². The lowest BCUT2D eigenvalue weighted by Gasteiger charge is -2.45. The number of carboxylic acid groups (broad SMARTS) is 1. The molecule has 3 amide bonds. The molecule has 0 aliphatic carbocycles. The Balaban J connectivity index is 1.24. The first-order valence-electron chi connectivity index (χ1n) is 20.4. The minimum atomic E-state index is -1.82. The number of aliphatic carboxylic acids is 1. The Morgan fingerprint density at radius 3 is 1.80 bits per heavy atom. The molecule has 22 nitrogen and oxygen atoms in total. The summed E-state index contributed by atoms with van der Waals surface area (Å²) in [5.41, 5.74) is 0.900. The van der Waals surface area contributed by atoms with Gasteiger partial charge >= 0.3 is 11.9 Å². The van der Waals surface area contributed by atoms with Crippen LogP contribution in [0.25, 0.3) is 0 Å². The largest absolute Gasteiger partial charge is 0.480 e. The maximum Gasteiger partial charge on any atom is 0.317 e. The van der Waals surface area contributed by atoms with E-state index in [2.05, 4.69) is 16.0 Å². The maximum absolute atomic E-state index is 12.5. The molecule has 22 heteroatoms. The molecule has 61 heavy (non-hydrogen) atoms. The van der Waals surface area contributed by atoms with Crippen molar-refractivity contribution in [1.82, 2.24) is 20.9 Å². The summed E-state index contributed by atoms with van der Waals surface area (Å²) in [6.07, 6.45) is -12.1. The van der Waals surface area contributed by atoms with Crippen LogP contribution in [-0.2, 0) is 54.3 Å². The van der Waals surface area contributed by atoms with Crippen LogP contribution in [0.15, 0.2) is 30.3 Å². The lowest BCUT2D eigenvalue weighted by atomic mass is 9.97. The predicted molar refractivity (Wildman–Crippen MR) is 209 cm³/mol. The molecule has 2 aliphatic heterocycles. The number of nitrogens with one attached hydrogen (secondary N) is 3. The van der Waals surface area contributed by atoms with Gasteiger partial charge in [0.1, 0.15) is 55.4 Å². The van der Waals surface area contributed by atoms with E-state index in [1.54, 1.807) is 0 Å². The molecule has 1 aromatic carbocycles. The van der Waals surface area contributed by atoms with E-state index in [0.717, 1.165) is 5.56 Å².